The van der Waals surface area contributed by atoms with Gasteiger partial charge in [0.25, 0.3) is 23.6 Å². The van der Waals surface area contributed by atoms with Gasteiger partial charge in [0.05, 0.1) is 33.5 Å². The maximum absolute atomic E-state index is 14.6. The fourth-order valence-corrected chi connectivity index (χ4v) is 4.91. The standard InChI is InChI=1S/C26H11F9N2O4/c27-24(28,29)13-2-1-3-14(8-13)37-21(40)16-7-5-12(10-18(16)22(37)41)23(25(30,31)32,26(33,34)35)11-4-6-15-17(9-11)20(39)36-19(15)38/h1-10H,(H,36,38,39). The van der Waals surface area contributed by atoms with Crippen LogP contribution in [0.5, 0.6) is 0 Å². The van der Waals surface area contributed by atoms with Crippen molar-refractivity contribution in [3.05, 3.63) is 99.6 Å². The van der Waals surface area contributed by atoms with Crippen LogP contribution in [0.2, 0.25) is 0 Å². The zero-order chi connectivity index (χ0) is 30.3. The Morgan fingerprint density at radius 3 is 1.61 bits per heavy atom. The number of carbonyl (C=O) groups excluding carboxylic acids is 4. The Morgan fingerprint density at radius 1 is 0.537 bits per heavy atom. The average molecular weight is 586 g/mol. The lowest BCUT2D eigenvalue weighted by atomic mass is 9.71. The predicted molar refractivity (Wildman–Crippen MR) is 120 cm³/mol. The lowest BCUT2D eigenvalue weighted by Crippen LogP contribution is -2.55. The molecule has 2 aliphatic rings. The van der Waals surface area contributed by atoms with Gasteiger partial charge in [0, 0.05) is 0 Å². The third kappa shape index (κ3) is 3.97. The van der Waals surface area contributed by atoms with Gasteiger partial charge in [-0.05, 0) is 53.6 Å². The van der Waals surface area contributed by atoms with E-state index in [9.17, 15) is 58.7 Å². The topological polar surface area (TPSA) is 83.6 Å². The molecule has 0 aliphatic carbocycles. The number of amides is 4. The number of rotatable bonds is 3. The number of benzene rings is 3. The minimum Gasteiger partial charge on any atom is -0.288 e. The van der Waals surface area contributed by atoms with Crippen LogP contribution >= 0.6 is 0 Å². The number of carbonyl (C=O) groups is 4. The van der Waals surface area contributed by atoms with Gasteiger partial charge in [0.15, 0.2) is 0 Å². The van der Waals surface area contributed by atoms with E-state index in [2.05, 4.69) is 0 Å². The second-order valence-corrected chi connectivity index (χ2v) is 9.04. The normalized spacial score (nSPS) is 15.8. The van der Waals surface area contributed by atoms with Crippen LogP contribution in [-0.2, 0) is 11.6 Å². The Labute approximate surface area is 222 Å². The molecule has 0 bridgehead atoms. The van der Waals surface area contributed by atoms with Crippen LogP contribution in [0.1, 0.15) is 58.1 Å². The van der Waals surface area contributed by atoms with Crippen LogP contribution in [0.15, 0.2) is 60.7 Å². The van der Waals surface area contributed by atoms with Crippen molar-refractivity contribution in [3.8, 4) is 0 Å². The van der Waals surface area contributed by atoms with Crippen molar-refractivity contribution in [2.75, 3.05) is 4.90 Å². The smallest absolute Gasteiger partial charge is 0.288 e. The molecule has 0 atom stereocenters. The molecule has 0 radical (unpaired) electrons. The number of nitrogens with zero attached hydrogens (tertiary/aromatic N) is 1. The fraction of sp³-hybridized carbons (Fsp3) is 0.154. The van der Waals surface area contributed by atoms with Gasteiger partial charge in [-0.2, -0.15) is 39.5 Å². The van der Waals surface area contributed by atoms with Crippen molar-refractivity contribution in [1.82, 2.24) is 5.32 Å². The van der Waals surface area contributed by atoms with Crippen LogP contribution in [0.25, 0.3) is 0 Å². The summed E-state index contributed by atoms with van der Waals surface area (Å²) < 4.78 is 127. The van der Waals surface area contributed by atoms with E-state index >= 15 is 0 Å². The summed E-state index contributed by atoms with van der Waals surface area (Å²) in [4.78, 5) is 50.0. The van der Waals surface area contributed by atoms with Crippen molar-refractivity contribution < 1.29 is 58.7 Å². The molecule has 0 aromatic heterocycles. The summed E-state index contributed by atoms with van der Waals surface area (Å²) in [6.07, 6.45) is -17.2. The molecular formula is C26H11F9N2O4. The minimum atomic E-state index is -6.15. The van der Waals surface area contributed by atoms with E-state index in [0.29, 0.717) is 36.4 Å². The minimum absolute atomic E-state index is 0.197. The Bertz CT molecular complexity index is 1660. The number of hydrogen-bond acceptors (Lipinski definition) is 4. The first-order chi connectivity index (χ1) is 18.9. The maximum atomic E-state index is 14.6. The molecule has 6 nitrogen and oxygen atoms in total. The largest absolute Gasteiger partial charge is 0.416 e. The highest BCUT2D eigenvalue weighted by atomic mass is 19.4. The molecule has 0 saturated carbocycles. The molecule has 41 heavy (non-hydrogen) atoms. The number of halogens is 9. The highest BCUT2D eigenvalue weighted by Gasteiger charge is 2.73. The van der Waals surface area contributed by atoms with E-state index in [0.717, 1.165) is 12.1 Å². The second kappa shape index (κ2) is 8.65. The van der Waals surface area contributed by atoms with Crippen molar-refractivity contribution in [1.29, 1.82) is 0 Å². The Hall–Kier alpha value is -4.69. The molecule has 2 heterocycles. The molecule has 0 spiro atoms. The first kappa shape index (κ1) is 27.9. The van der Waals surface area contributed by atoms with E-state index in [1.54, 1.807) is 5.32 Å². The molecule has 3 aromatic rings. The van der Waals surface area contributed by atoms with Crippen molar-refractivity contribution in [2.45, 2.75) is 23.9 Å². The lowest BCUT2D eigenvalue weighted by molar-refractivity contribution is -0.288. The van der Waals surface area contributed by atoms with Crippen LogP contribution in [0, 0.1) is 0 Å². The van der Waals surface area contributed by atoms with Gasteiger partial charge in [-0.25, -0.2) is 4.90 Å². The summed E-state index contributed by atoms with van der Waals surface area (Å²) in [5, 5.41) is 1.76. The van der Waals surface area contributed by atoms with Crippen LogP contribution in [0.4, 0.5) is 45.2 Å². The molecule has 1 N–H and O–H groups in total. The van der Waals surface area contributed by atoms with Crippen LogP contribution in [0.3, 0.4) is 0 Å². The lowest BCUT2D eigenvalue weighted by Gasteiger charge is -2.38. The molecule has 0 fully saturated rings. The molecule has 2 aliphatic heterocycles. The van der Waals surface area contributed by atoms with Gasteiger partial charge in [-0.15, -0.1) is 0 Å². The highest BCUT2D eigenvalue weighted by Crippen LogP contribution is 2.57. The predicted octanol–water partition coefficient (Wildman–Crippen LogP) is 5.80. The van der Waals surface area contributed by atoms with Crippen LogP contribution in [-0.4, -0.2) is 36.0 Å². The SMILES string of the molecule is O=C1NC(=O)c2cc(C(c3ccc4c(c3)C(=O)N(c3cccc(C(F)(F)F)c3)C4=O)(C(F)(F)F)C(F)(F)F)ccc21. The van der Waals surface area contributed by atoms with Gasteiger partial charge >= 0.3 is 18.5 Å². The Kier molecular flexibility index (Phi) is 5.88. The molecule has 5 rings (SSSR count). The number of imide groups is 2. The maximum Gasteiger partial charge on any atom is 0.416 e. The van der Waals surface area contributed by atoms with Gasteiger partial charge in [0.2, 0.25) is 5.41 Å². The van der Waals surface area contributed by atoms with Gasteiger partial charge < -0.3 is 0 Å². The van der Waals surface area contributed by atoms with Crippen molar-refractivity contribution >= 4 is 29.3 Å². The van der Waals surface area contributed by atoms with E-state index < -0.39 is 92.2 Å². The molecule has 0 unspecified atom stereocenters. The summed E-state index contributed by atoms with van der Waals surface area (Å²) >= 11 is 0. The summed E-state index contributed by atoms with van der Waals surface area (Å²) in [7, 11) is 0. The van der Waals surface area contributed by atoms with E-state index in [4.69, 9.17) is 0 Å². The summed E-state index contributed by atoms with van der Waals surface area (Å²) in [5.41, 5.74) is -12.6. The molecule has 3 aromatic carbocycles. The second-order valence-electron chi connectivity index (χ2n) is 9.04. The first-order valence-electron chi connectivity index (χ1n) is 11.2. The first-order valence-corrected chi connectivity index (χ1v) is 11.2. The Morgan fingerprint density at radius 2 is 1.05 bits per heavy atom. The summed E-state index contributed by atoms with van der Waals surface area (Å²) in [5.74, 6) is -4.98. The Balaban J connectivity index is 1.71. The molecular weight excluding hydrogens is 575 g/mol. The zero-order valence-electron chi connectivity index (χ0n) is 19.8. The van der Waals surface area contributed by atoms with E-state index in [1.165, 1.54) is 0 Å². The number of fused-ring (bicyclic) bond motifs is 2. The quantitative estimate of drug-likeness (QED) is 0.311. The zero-order valence-corrected chi connectivity index (χ0v) is 19.8. The van der Waals surface area contributed by atoms with E-state index in [-0.39, 0.29) is 17.0 Å². The molecule has 4 amide bonds. The number of hydrogen-bond donors (Lipinski definition) is 1. The average Bonchev–Trinajstić information content (AvgIpc) is 3.28. The molecule has 0 saturated heterocycles. The summed E-state index contributed by atoms with van der Waals surface area (Å²) in [6, 6.07) is 5.16. The number of alkyl halides is 9. The summed E-state index contributed by atoms with van der Waals surface area (Å²) in [6.45, 7) is 0. The van der Waals surface area contributed by atoms with Crippen LogP contribution < -0.4 is 10.2 Å². The van der Waals surface area contributed by atoms with E-state index in [1.807, 2.05) is 0 Å². The number of nitrogens with one attached hydrogen (secondary N) is 1. The van der Waals surface area contributed by atoms with Gasteiger partial charge in [-0.1, -0.05) is 18.2 Å². The third-order valence-electron chi connectivity index (χ3n) is 6.77. The third-order valence-corrected chi connectivity index (χ3v) is 6.77. The number of anilines is 1. The van der Waals surface area contributed by atoms with Crippen molar-refractivity contribution in [2.24, 2.45) is 0 Å². The fourth-order valence-electron chi connectivity index (χ4n) is 4.91. The van der Waals surface area contributed by atoms with Gasteiger partial charge in [0.1, 0.15) is 0 Å². The van der Waals surface area contributed by atoms with Gasteiger partial charge in [-0.3, -0.25) is 24.5 Å². The van der Waals surface area contributed by atoms with Crippen molar-refractivity contribution in [3.63, 3.8) is 0 Å². The highest BCUT2D eigenvalue weighted by molar-refractivity contribution is 6.34. The molecule has 15 heteroatoms. The molecule has 212 valence electrons. The monoisotopic (exact) mass is 586 g/mol.